The summed E-state index contributed by atoms with van der Waals surface area (Å²) in [5, 5.41) is 7.77. The van der Waals surface area contributed by atoms with Crippen molar-refractivity contribution in [2.45, 2.75) is 31.7 Å². The number of hydrogen-bond acceptors (Lipinski definition) is 5. The van der Waals surface area contributed by atoms with Crippen molar-refractivity contribution in [3.63, 3.8) is 0 Å². The maximum atomic E-state index is 12.2. The molecule has 0 atom stereocenters. The van der Waals surface area contributed by atoms with E-state index in [4.69, 9.17) is 4.74 Å². The predicted molar refractivity (Wildman–Crippen MR) is 92.8 cm³/mol. The molecule has 2 aromatic rings. The lowest BCUT2D eigenvalue weighted by molar-refractivity contribution is 0.0932. The third kappa shape index (κ3) is 3.91. The van der Waals surface area contributed by atoms with Crippen LogP contribution in [0.15, 0.2) is 29.6 Å². The molecule has 7 heteroatoms. The summed E-state index contributed by atoms with van der Waals surface area (Å²) in [6.45, 7) is 0. The van der Waals surface area contributed by atoms with E-state index < -0.39 is 0 Å². The van der Waals surface area contributed by atoms with Crippen LogP contribution in [0.25, 0.3) is 0 Å². The molecular formula is C17H19N3O3S. The van der Waals surface area contributed by atoms with Crippen LogP contribution in [0.3, 0.4) is 0 Å². The van der Waals surface area contributed by atoms with Gasteiger partial charge in [-0.2, -0.15) is 0 Å². The van der Waals surface area contributed by atoms with Gasteiger partial charge in [-0.05, 0) is 37.1 Å². The van der Waals surface area contributed by atoms with Gasteiger partial charge >= 0.3 is 0 Å². The monoisotopic (exact) mass is 345 g/mol. The van der Waals surface area contributed by atoms with Crippen LogP contribution in [0.5, 0.6) is 5.75 Å². The number of amides is 2. The predicted octanol–water partition coefficient (Wildman–Crippen LogP) is 3.08. The van der Waals surface area contributed by atoms with Crippen LogP contribution in [0.1, 0.15) is 46.5 Å². The van der Waals surface area contributed by atoms with Crippen molar-refractivity contribution in [1.82, 2.24) is 10.3 Å². The summed E-state index contributed by atoms with van der Waals surface area (Å²) in [7, 11) is 1.57. The Morgan fingerprint density at radius 2 is 1.88 bits per heavy atom. The first kappa shape index (κ1) is 16.4. The highest BCUT2D eigenvalue weighted by Crippen LogP contribution is 2.20. The Balaban J connectivity index is 1.60. The van der Waals surface area contributed by atoms with Gasteiger partial charge in [-0.1, -0.05) is 12.8 Å². The van der Waals surface area contributed by atoms with Gasteiger partial charge in [0.05, 0.1) is 7.11 Å². The second-order valence-corrected chi connectivity index (χ2v) is 6.53. The SMILES string of the molecule is COc1ccc(C(=O)Nc2nc(C(=O)NC3CCCC3)cs2)cc1. The lowest BCUT2D eigenvalue weighted by Gasteiger charge is -2.09. The van der Waals surface area contributed by atoms with Crippen molar-refractivity contribution in [2.75, 3.05) is 12.4 Å². The van der Waals surface area contributed by atoms with Crippen LogP contribution in [0.4, 0.5) is 5.13 Å². The van der Waals surface area contributed by atoms with Crippen molar-refractivity contribution in [3.8, 4) is 5.75 Å². The van der Waals surface area contributed by atoms with Gasteiger partial charge in [-0.3, -0.25) is 14.9 Å². The third-order valence-electron chi connectivity index (χ3n) is 4.00. The topological polar surface area (TPSA) is 80.3 Å². The molecule has 0 bridgehead atoms. The Morgan fingerprint density at radius 3 is 2.54 bits per heavy atom. The number of carbonyl (C=O) groups is 2. The molecule has 0 unspecified atom stereocenters. The van der Waals surface area contributed by atoms with Crippen LogP contribution >= 0.6 is 11.3 Å². The highest BCUT2D eigenvalue weighted by molar-refractivity contribution is 7.14. The fourth-order valence-corrected chi connectivity index (χ4v) is 3.36. The van der Waals surface area contributed by atoms with E-state index in [0.717, 1.165) is 25.7 Å². The van der Waals surface area contributed by atoms with Crippen molar-refractivity contribution in [1.29, 1.82) is 0 Å². The zero-order valence-corrected chi connectivity index (χ0v) is 14.2. The summed E-state index contributed by atoms with van der Waals surface area (Å²) in [5.74, 6) is 0.240. The molecule has 0 spiro atoms. The maximum absolute atomic E-state index is 12.2. The summed E-state index contributed by atoms with van der Waals surface area (Å²) in [6, 6.07) is 7.04. The van der Waals surface area contributed by atoms with Crippen LogP contribution < -0.4 is 15.4 Å². The van der Waals surface area contributed by atoms with Crippen LogP contribution in [-0.2, 0) is 0 Å². The number of methoxy groups -OCH3 is 1. The van der Waals surface area contributed by atoms with E-state index in [1.807, 2.05) is 0 Å². The summed E-state index contributed by atoms with van der Waals surface area (Å²) < 4.78 is 5.06. The third-order valence-corrected chi connectivity index (χ3v) is 4.76. The molecule has 24 heavy (non-hydrogen) atoms. The lowest BCUT2D eigenvalue weighted by Crippen LogP contribution is -2.32. The zero-order valence-electron chi connectivity index (χ0n) is 13.4. The van der Waals surface area contributed by atoms with E-state index in [9.17, 15) is 9.59 Å². The van der Waals surface area contributed by atoms with Gasteiger partial charge in [0.15, 0.2) is 5.13 Å². The fraction of sp³-hybridized carbons (Fsp3) is 0.353. The van der Waals surface area contributed by atoms with E-state index in [2.05, 4.69) is 15.6 Å². The number of nitrogens with one attached hydrogen (secondary N) is 2. The molecule has 1 aliphatic rings. The second-order valence-electron chi connectivity index (χ2n) is 5.68. The number of aromatic nitrogens is 1. The van der Waals surface area contributed by atoms with Gasteiger partial charge in [-0.25, -0.2) is 4.98 Å². The Kier molecular flexibility index (Phi) is 5.10. The molecule has 1 heterocycles. The normalized spacial score (nSPS) is 14.4. The molecule has 1 aliphatic carbocycles. The second kappa shape index (κ2) is 7.44. The molecule has 6 nitrogen and oxygen atoms in total. The molecule has 1 fully saturated rings. The molecule has 126 valence electrons. The van der Waals surface area contributed by atoms with Gasteiger partial charge in [-0.15, -0.1) is 11.3 Å². The molecule has 2 N–H and O–H groups in total. The highest BCUT2D eigenvalue weighted by atomic mass is 32.1. The Bertz CT molecular complexity index is 721. The largest absolute Gasteiger partial charge is 0.497 e. The number of hydrogen-bond donors (Lipinski definition) is 2. The Hall–Kier alpha value is -2.41. The molecular weight excluding hydrogens is 326 g/mol. The van der Waals surface area contributed by atoms with Crippen molar-refractivity contribution in [2.24, 2.45) is 0 Å². The van der Waals surface area contributed by atoms with Gasteiger partial charge in [0.25, 0.3) is 11.8 Å². The van der Waals surface area contributed by atoms with E-state index in [-0.39, 0.29) is 17.9 Å². The number of rotatable bonds is 5. The average Bonchev–Trinajstić information content (AvgIpc) is 3.27. The number of nitrogens with zero attached hydrogens (tertiary/aromatic N) is 1. The Labute approximate surface area is 144 Å². The quantitative estimate of drug-likeness (QED) is 0.873. The van der Waals surface area contributed by atoms with Crippen LogP contribution in [0, 0.1) is 0 Å². The van der Waals surface area contributed by atoms with Gasteiger partial charge in [0.1, 0.15) is 11.4 Å². The van der Waals surface area contributed by atoms with Crippen molar-refractivity contribution >= 4 is 28.3 Å². The first-order valence-corrected chi connectivity index (χ1v) is 8.75. The minimum atomic E-state index is -0.269. The zero-order chi connectivity index (χ0) is 16.9. The highest BCUT2D eigenvalue weighted by Gasteiger charge is 2.20. The minimum absolute atomic E-state index is 0.178. The van der Waals surface area contributed by atoms with E-state index >= 15 is 0 Å². The molecule has 3 rings (SSSR count). The standard InChI is InChI=1S/C17H19N3O3S/c1-23-13-8-6-11(7-9-13)15(21)20-17-19-14(10-24-17)16(22)18-12-4-2-3-5-12/h6-10,12H,2-5H2,1H3,(H,18,22)(H,19,20,21). The fourth-order valence-electron chi connectivity index (χ4n) is 2.68. The first-order chi connectivity index (χ1) is 11.7. The Morgan fingerprint density at radius 1 is 1.17 bits per heavy atom. The number of benzene rings is 1. The molecule has 2 amide bonds. The van der Waals surface area contributed by atoms with Crippen LogP contribution in [0.2, 0.25) is 0 Å². The van der Waals surface area contributed by atoms with Crippen molar-refractivity contribution in [3.05, 3.63) is 40.9 Å². The lowest BCUT2D eigenvalue weighted by atomic mass is 10.2. The molecule has 1 aromatic heterocycles. The molecule has 0 radical (unpaired) electrons. The molecule has 0 aliphatic heterocycles. The number of thiazole rings is 1. The van der Waals surface area contributed by atoms with Crippen LogP contribution in [-0.4, -0.2) is 29.9 Å². The van der Waals surface area contributed by atoms with E-state index in [1.165, 1.54) is 11.3 Å². The number of anilines is 1. The first-order valence-electron chi connectivity index (χ1n) is 7.87. The number of carbonyl (C=O) groups excluding carboxylic acids is 2. The summed E-state index contributed by atoms with van der Waals surface area (Å²) in [4.78, 5) is 28.5. The van der Waals surface area contributed by atoms with Gasteiger partial charge < -0.3 is 10.1 Å². The maximum Gasteiger partial charge on any atom is 0.271 e. The molecule has 1 aromatic carbocycles. The summed E-state index contributed by atoms with van der Waals surface area (Å²) in [6.07, 6.45) is 4.37. The summed E-state index contributed by atoms with van der Waals surface area (Å²) >= 11 is 1.24. The van der Waals surface area contributed by atoms with E-state index in [0.29, 0.717) is 22.1 Å². The molecule has 0 saturated heterocycles. The van der Waals surface area contributed by atoms with Crippen molar-refractivity contribution < 1.29 is 14.3 Å². The average molecular weight is 345 g/mol. The summed E-state index contributed by atoms with van der Waals surface area (Å²) in [5.41, 5.74) is 0.847. The number of ether oxygens (including phenoxy) is 1. The van der Waals surface area contributed by atoms with E-state index in [1.54, 1.807) is 36.8 Å². The smallest absolute Gasteiger partial charge is 0.271 e. The van der Waals surface area contributed by atoms with Gasteiger partial charge in [0, 0.05) is 17.0 Å². The minimum Gasteiger partial charge on any atom is -0.497 e. The molecule has 1 saturated carbocycles. The van der Waals surface area contributed by atoms with Gasteiger partial charge in [0.2, 0.25) is 0 Å².